The molecule has 1 aliphatic carbocycles. The molecule has 186 valence electrons. The standard InChI is InChI=1S/C28H35N3O4/c1-19-10-3-4-12-21(19)27(33)30-24-15-7-6-14-23(24)29-26(32)20-11-9-17-31(18-20)28(34)22-13-5-8-16-25(22)35-2/h3-5,8,10,12-13,16,20,23-24H,6-7,9,11,14-15,17-18H2,1-2H3,(H,29,32)(H,30,33)/t20-,23-,24-/m1/s1. The number of carbonyl (C=O) groups is 3. The Hall–Kier alpha value is -3.35. The van der Waals surface area contributed by atoms with Crippen LogP contribution in [0.3, 0.4) is 0 Å². The number of methoxy groups -OCH3 is 1. The van der Waals surface area contributed by atoms with E-state index >= 15 is 0 Å². The Balaban J connectivity index is 1.39. The molecular formula is C28H35N3O4. The first-order valence-electron chi connectivity index (χ1n) is 12.6. The van der Waals surface area contributed by atoms with Crippen LogP contribution in [0.4, 0.5) is 0 Å². The van der Waals surface area contributed by atoms with Gasteiger partial charge < -0.3 is 20.3 Å². The van der Waals surface area contributed by atoms with E-state index in [0.29, 0.717) is 30.0 Å². The molecular weight excluding hydrogens is 442 g/mol. The fourth-order valence-electron chi connectivity index (χ4n) is 5.22. The SMILES string of the molecule is COc1ccccc1C(=O)N1CCC[C@@H](C(=O)N[C@@H]2CCCC[C@H]2NC(=O)c2ccccc2C)C1. The second kappa shape index (κ2) is 11.4. The molecule has 2 aliphatic rings. The third-order valence-electron chi connectivity index (χ3n) is 7.22. The van der Waals surface area contributed by atoms with Gasteiger partial charge in [0.2, 0.25) is 5.91 Å². The van der Waals surface area contributed by atoms with Crippen LogP contribution in [0.1, 0.15) is 64.8 Å². The molecule has 0 unspecified atom stereocenters. The summed E-state index contributed by atoms with van der Waals surface area (Å²) in [6.45, 7) is 2.94. The molecule has 1 heterocycles. The fraction of sp³-hybridized carbons (Fsp3) is 0.464. The van der Waals surface area contributed by atoms with Crippen molar-refractivity contribution in [2.75, 3.05) is 20.2 Å². The zero-order chi connectivity index (χ0) is 24.8. The number of hydrogen-bond acceptors (Lipinski definition) is 4. The zero-order valence-electron chi connectivity index (χ0n) is 20.6. The van der Waals surface area contributed by atoms with E-state index in [1.54, 1.807) is 24.1 Å². The Morgan fingerprint density at radius 1 is 0.857 bits per heavy atom. The second-order valence-electron chi connectivity index (χ2n) is 9.59. The predicted molar refractivity (Wildman–Crippen MR) is 134 cm³/mol. The molecule has 0 spiro atoms. The number of benzene rings is 2. The van der Waals surface area contributed by atoms with Crippen LogP contribution in [0.25, 0.3) is 0 Å². The van der Waals surface area contributed by atoms with E-state index in [0.717, 1.165) is 44.1 Å². The average molecular weight is 478 g/mol. The van der Waals surface area contributed by atoms with Gasteiger partial charge in [0.1, 0.15) is 5.75 Å². The molecule has 2 aromatic carbocycles. The Morgan fingerprint density at radius 3 is 2.23 bits per heavy atom. The zero-order valence-corrected chi connectivity index (χ0v) is 20.6. The smallest absolute Gasteiger partial charge is 0.257 e. The number of hydrogen-bond donors (Lipinski definition) is 2. The third-order valence-corrected chi connectivity index (χ3v) is 7.22. The summed E-state index contributed by atoms with van der Waals surface area (Å²) in [5, 5.41) is 6.38. The van der Waals surface area contributed by atoms with Crippen molar-refractivity contribution in [1.82, 2.24) is 15.5 Å². The lowest BCUT2D eigenvalue weighted by atomic mass is 9.88. The maximum Gasteiger partial charge on any atom is 0.257 e. The molecule has 4 rings (SSSR count). The molecule has 1 saturated heterocycles. The van der Waals surface area contributed by atoms with Gasteiger partial charge in [0.15, 0.2) is 0 Å². The van der Waals surface area contributed by atoms with Gasteiger partial charge in [0.25, 0.3) is 11.8 Å². The second-order valence-corrected chi connectivity index (χ2v) is 9.59. The summed E-state index contributed by atoms with van der Waals surface area (Å²) in [6, 6.07) is 14.5. The van der Waals surface area contributed by atoms with E-state index in [9.17, 15) is 14.4 Å². The van der Waals surface area contributed by atoms with Gasteiger partial charge in [-0.3, -0.25) is 14.4 Å². The number of nitrogens with zero attached hydrogens (tertiary/aromatic N) is 1. The molecule has 3 amide bonds. The molecule has 0 aromatic heterocycles. The van der Waals surface area contributed by atoms with Gasteiger partial charge in [-0.05, 0) is 56.4 Å². The number of ether oxygens (including phenoxy) is 1. The van der Waals surface area contributed by atoms with Crippen molar-refractivity contribution < 1.29 is 19.1 Å². The highest BCUT2D eigenvalue weighted by Gasteiger charge is 2.34. The van der Waals surface area contributed by atoms with E-state index in [1.165, 1.54) is 0 Å². The van der Waals surface area contributed by atoms with Gasteiger partial charge in [0, 0.05) is 30.7 Å². The molecule has 1 saturated carbocycles. The van der Waals surface area contributed by atoms with Gasteiger partial charge >= 0.3 is 0 Å². The van der Waals surface area contributed by atoms with E-state index in [2.05, 4.69) is 10.6 Å². The van der Waals surface area contributed by atoms with Crippen LogP contribution < -0.4 is 15.4 Å². The van der Waals surface area contributed by atoms with Crippen LogP contribution in [-0.4, -0.2) is 54.9 Å². The van der Waals surface area contributed by atoms with Crippen LogP contribution in [0.2, 0.25) is 0 Å². The number of carbonyl (C=O) groups excluding carboxylic acids is 3. The molecule has 3 atom stereocenters. The van der Waals surface area contributed by atoms with E-state index in [1.807, 2.05) is 43.3 Å². The summed E-state index contributed by atoms with van der Waals surface area (Å²) in [5.74, 6) is 0.0293. The minimum absolute atomic E-state index is 0.0374. The average Bonchev–Trinajstić information content (AvgIpc) is 2.89. The number of amides is 3. The molecule has 2 N–H and O–H groups in total. The molecule has 7 heteroatoms. The Bertz CT molecular complexity index is 1070. The lowest BCUT2D eigenvalue weighted by Crippen LogP contribution is -2.55. The highest BCUT2D eigenvalue weighted by molar-refractivity contribution is 5.97. The van der Waals surface area contributed by atoms with Crippen molar-refractivity contribution in [1.29, 1.82) is 0 Å². The lowest BCUT2D eigenvalue weighted by Gasteiger charge is -2.36. The quantitative estimate of drug-likeness (QED) is 0.664. The maximum absolute atomic E-state index is 13.3. The molecule has 0 bridgehead atoms. The summed E-state index contributed by atoms with van der Waals surface area (Å²) < 4.78 is 5.35. The van der Waals surface area contributed by atoms with Crippen molar-refractivity contribution in [2.45, 2.75) is 57.5 Å². The van der Waals surface area contributed by atoms with Crippen LogP contribution >= 0.6 is 0 Å². The number of rotatable bonds is 6. The van der Waals surface area contributed by atoms with Crippen molar-refractivity contribution in [3.63, 3.8) is 0 Å². The lowest BCUT2D eigenvalue weighted by molar-refractivity contribution is -0.127. The van der Waals surface area contributed by atoms with E-state index in [-0.39, 0.29) is 35.7 Å². The largest absolute Gasteiger partial charge is 0.496 e. The summed E-state index contributed by atoms with van der Waals surface area (Å²) >= 11 is 0. The van der Waals surface area contributed by atoms with Gasteiger partial charge in [-0.15, -0.1) is 0 Å². The van der Waals surface area contributed by atoms with Crippen molar-refractivity contribution in [3.05, 3.63) is 65.2 Å². The highest BCUT2D eigenvalue weighted by atomic mass is 16.5. The number of aryl methyl sites for hydroxylation is 1. The van der Waals surface area contributed by atoms with E-state index < -0.39 is 0 Å². The van der Waals surface area contributed by atoms with Crippen LogP contribution in [0.5, 0.6) is 5.75 Å². The number of nitrogens with one attached hydrogen (secondary N) is 2. The third kappa shape index (κ3) is 5.84. The van der Waals surface area contributed by atoms with Crippen LogP contribution in [-0.2, 0) is 4.79 Å². The normalized spacial score (nSPS) is 22.2. The number of likely N-dealkylation sites (tertiary alicyclic amines) is 1. The summed E-state index contributed by atoms with van der Waals surface area (Å²) in [6.07, 6.45) is 5.23. The summed E-state index contributed by atoms with van der Waals surface area (Å²) in [7, 11) is 1.55. The minimum atomic E-state index is -0.267. The highest BCUT2D eigenvalue weighted by Crippen LogP contribution is 2.25. The molecule has 2 aromatic rings. The van der Waals surface area contributed by atoms with Crippen molar-refractivity contribution in [3.8, 4) is 5.75 Å². The molecule has 0 radical (unpaired) electrons. The Kier molecular flexibility index (Phi) is 8.06. The first kappa shape index (κ1) is 24.8. The van der Waals surface area contributed by atoms with E-state index in [4.69, 9.17) is 4.74 Å². The van der Waals surface area contributed by atoms with Gasteiger partial charge in [-0.25, -0.2) is 0 Å². The first-order chi connectivity index (χ1) is 17.0. The van der Waals surface area contributed by atoms with Crippen LogP contribution in [0, 0.1) is 12.8 Å². The number of para-hydroxylation sites is 1. The molecule has 1 aliphatic heterocycles. The summed E-state index contributed by atoms with van der Waals surface area (Å²) in [4.78, 5) is 41.1. The van der Waals surface area contributed by atoms with Gasteiger partial charge in [0.05, 0.1) is 18.6 Å². The predicted octanol–water partition coefficient (Wildman–Crippen LogP) is 3.71. The monoisotopic (exact) mass is 477 g/mol. The Morgan fingerprint density at radius 2 is 1.51 bits per heavy atom. The maximum atomic E-state index is 13.3. The van der Waals surface area contributed by atoms with Crippen molar-refractivity contribution in [2.24, 2.45) is 5.92 Å². The Labute approximate surface area is 207 Å². The van der Waals surface area contributed by atoms with Gasteiger partial charge in [-0.1, -0.05) is 43.2 Å². The van der Waals surface area contributed by atoms with Crippen LogP contribution in [0.15, 0.2) is 48.5 Å². The molecule has 35 heavy (non-hydrogen) atoms. The topological polar surface area (TPSA) is 87.7 Å². The van der Waals surface area contributed by atoms with Crippen molar-refractivity contribution >= 4 is 17.7 Å². The number of piperidine rings is 1. The van der Waals surface area contributed by atoms with Gasteiger partial charge in [-0.2, -0.15) is 0 Å². The first-order valence-corrected chi connectivity index (χ1v) is 12.6. The summed E-state index contributed by atoms with van der Waals surface area (Å²) in [5.41, 5.74) is 2.12. The molecule has 7 nitrogen and oxygen atoms in total. The molecule has 2 fully saturated rings. The fourth-order valence-corrected chi connectivity index (χ4v) is 5.22. The minimum Gasteiger partial charge on any atom is -0.496 e.